The first-order valence-corrected chi connectivity index (χ1v) is 8.62. The fourth-order valence-electron chi connectivity index (χ4n) is 3.19. The van der Waals surface area contributed by atoms with E-state index in [-0.39, 0.29) is 12.3 Å². The number of hydrogen-bond donors (Lipinski definition) is 2. The van der Waals surface area contributed by atoms with E-state index >= 15 is 0 Å². The lowest BCUT2D eigenvalue weighted by atomic mass is 9.77. The van der Waals surface area contributed by atoms with Gasteiger partial charge in [-0.05, 0) is 39.8 Å². The van der Waals surface area contributed by atoms with E-state index in [4.69, 9.17) is 9.31 Å². The molecule has 0 spiro atoms. The van der Waals surface area contributed by atoms with Gasteiger partial charge in [0.05, 0.1) is 22.9 Å². The first-order valence-electron chi connectivity index (χ1n) is 8.62. The normalized spacial score (nSPS) is 22.2. The minimum Gasteiger partial charge on any atom is -0.399 e. The molecule has 3 heterocycles. The highest BCUT2D eigenvalue weighted by molar-refractivity contribution is 6.65. The number of anilines is 1. The molecule has 26 heavy (non-hydrogen) atoms. The lowest BCUT2D eigenvalue weighted by molar-refractivity contribution is -0.120. The molecule has 3 amide bonds. The first kappa shape index (κ1) is 17.1. The molecule has 0 aliphatic carbocycles. The number of carbonyl (C=O) groups excluding carboxylic acids is 2. The fraction of sp³-hybridized carbons (Fsp3) is 0.471. The van der Waals surface area contributed by atoms with E-state index in [0.717, 1.165) is 16.4 Å². The Morgan fingerprint density at radius 2 is 1.85 bits per heavy atom. The van der Waals surface area contributed by atoms with Crippen LogP contribution in [0.3, 0.4) is 0 Å². The minimum absolute atomic E-state index is 0.262. The molecule has 0 saturated carbocycles. The van der Waals surface area contributed by atoms with Crippen molar-refractivity contribution < 1.29 is 18.9 Å². The Balaban J connectivity index is 1.77. The summed E-state index contributed by atoms with van der Waals surface area (Å²) in [7, 11) is -0.586. The van der Waals surface area contributed by atoms with Crippen molar-refractivity contribution in [3.8, 4) is 0 Å². The second kappa shape index (κ2) is 5.55. The molecule has 1 aromatic carbocycles. The fourth-order valence-corrected chi connectivity index (χ4v) is 3.19. The van der Waals surface area contributed by atoms with Crippen LogP contribution in [0.1, 0.15) is 34.1 Å². The van der Waals surface area contributed by atoms with Gasteiger partial charge in [0, 0.05) is 29.5 Å². The molecule has 2 aliphatic rings. The summed E-state index contributed by atoms with van der Waals surface area (Å²) in [6.45, 7) is 8.29. The van der Waals surface area contributed by atoms with Crippen LogP contribution in [0.5, 0.6) is 0 Å². The minimum atomic E-state index is -0.586. The first-order chi connectivity index (χ1) is 12.2. The average molecular weight is 356 g/mol. The number of imide groups is 1. The quantitative estimate of drug-likeness (QED) is 0.791. The highest BCUT2D eigenvalue weighted by atomic mass is 16.7. The van der Waals surface area contributed by atoms with Crippen LogP contribution in [0.4, 0.5) is 10.5 Å². The lowest BCUT2D eigenvalue weighted by Crippen LogP contribution is -2.50. The summed E-state index contributed by atoms with van der Waals surface area (Å²) in [6, 6.07) is 3.30. The number of aromatic amines is 1. The molecule has 8 nitrogen and oxygen atoms in total. The standard InChI is InChI=1S/C17H21BN4O4/c1-16(2)17(3,4)26-18(25-16)12-8-11(7-10-9-19-21-14(10)12)22-6-5-13(23)20-15(22)24/h7-9H,5-6H2,1-4H3,(H,19,21)(H,20,23,24). The van der Waals surface area contributed by atoms with Gasteiger partial charge in [-0.15, -0.1) is 0 Å². The maximum atomic E-state index is 12.2. The molecule has 9 heteroatoms. The number of urea groups is 1. The summed E-state index contributed by atoms with van der Waals surface area (Å²) >= 11 is 0. The van der Waals surface area contributed by atoms with Gasteiger partial charge in [0.25, 0.3) is 0 Å². The summed E-state index contributed by atoms with van der Waals surface area (Å²) in [6.07, 6.45) is 1.96. The number of amides is 3. The molecule has 0 radical (unpaired) electrons. The summed E-state index contributed by atoms with van der Waals surface area (Å²) in [5.41, 5.74) is 1.30. The van der Waals surface area contributed by atoms with Gasteiger partial charge in [0.2, 0.25) is 5.91 Å². The number of nitrogens with one attached hydrogen (secondary N) is 2. The van der Waals surface area contributed by atoms with Gasteiger partial charge >= 0.3 is 13.1 Å². The maximum Gasteiger partial charge on any atom is 0.497 e. The summed E-state index contributed by atoms with van der Waals surface area (Å²) < 4.78 is 12.3. The molecule has 2 saturated heterocycles. The highest BCUT2D eigenvalue weighted by Gasteiger charge is 2.52. The van der Waals surface area contributed by atoms with Gasteiger partial charge in [-0.3, -0.25) is 20.1 Å². The number of rotatable bonds is 2. The second-order valence-electron chi connectivity index (χ2n) is 7.71. The number of carbonyl (C=O) groups is 2. The monoisotopic (exact) mass is 356 g/mol. The zero-order chi connectivity index (χ0) is 18.7. The molecule has 2 aromatic rings. The van der Waals surface area contributed by atoms with Crippen LogP contribution in [-0.2, 0) is 14.1 Å². The van der Waals surface area contributed by atoms with E-state index in [1.54, 1.807) is 11.1 Å². The van der Waals surface area contributed by atoms with E-state index in [2.05, 4.69) is 15.5 Å². The molecular formula is C17H21BN4O4. The predicted molar refractivity (Wildman–Crippen MR) is 97.3 cm³/mol. The van der Waals surface area contributed by atoms with Gasteiger partial charge < -0.3 is 9.31 Å². The van der Waals surface area contributed by atoms with Gasteiger partial charge in [-0.1, -0.05) is 0 Å². The molecule has 2 aliphatic heterocycles. The number of fused-ring (bicyclic) bond motifs is 1. The van der Waals surface area contributed by atoms with Crippen molar-refractivity contribution in [2.45, 2.75) is 45.3 Å². The Bertz CT molecular complexity index is 891. The van der Waals surface area contributed by atoms with Crippen molar-refractivity contribution in [2.75, 3.05) is 11.4 Å². The number of hydrogen-bond acceptors (Lipinski definition) is 5. The number of aromatic nitrogens is 2. The third-order valence-corrected chi connectivity index (χ3v) is 5.44. The maximum absolute atomic E-state index is 12.2. The third kappa shape index (κ3) is 2.58. The Morgan fingerprint density at radius 1 is 1.15 bits per heavy atom. The second-order valence-corrected chi connectivity index (χ2v) is 7.71. The van der Waals surface area contributed by atoms with E-state index in [0.29, 0.717) is 12.2 Å². The van der Waals surface area contributed by atoms with E-state index in [9.17, 15) is 9.59 Å². The van der Waals surface area contributed by atoms with Crippen LogP contribution in [-0.4, -0.2) is 47.0 Å². The van der Waals surface area contributed by atoms with Crippen molar-refractivity contribution >= 4 is 41.1 Å². The third-order valence-electron chi connectivity index (χ3n) is 5.44. The molecule has 4 rings (SSSR count). The van der Waals surface area contributed by atoms with Crippen molar-refractivity contribution in [3.63, 3.8) is 0 Å². The van der Waals surface area contributed by atoms with E-state index < -0.39 is 24.4 Å². The lowest BCUT2D eigenvalue weighted by Gasteiger charge is -2.32. The Kier molecular flexibility index (Phi) is 3.64. The summed E-state index contributed by atoms with van der Waals surface area (Å²) in [5, 5.41) is 10.3. The van der Waals surface area contributed by atoms with E-state index in [1.807, 2.05) is 39.8 Å². The Morgan fingerprint density at radius 3 is 2.50 bits per heavy atom. The molecule has 0 unspecified atom stereocenters. The van der Waals surface area contributed by atoms with Gasteiger partial charge in [0.15, 0.2) is 0 Å². The van der Waals surface area contributed by atoms with Gasteiger partial charge in [-0.2, -0.15) is 5.10 Å². The number of nitrogens with zero attached hydrogens (tertiary/aromatic N) is 2. The molecule has 1 aromatic heterocycles. The number of H-pyrrole nitrogens is 1. The topological polar surface area (TPSA) is 96.5 Å². The highest BCUT2D eigenvalue weighted by Crippen LogP contribution is 2.37. The molecule has 136 valence electrons. The molecule has 2 fully saturated rings. The average Bonchev–Trinajstić information content (AvgIpc) is 3.08. The molecule has 2 N–H and O–H groups in total. The Labute approximate surface area is 151 Å². The van der Waals surface area contributed by atoms with Crippen molar-refractivity contribution in [1.82, 2.24) is 15.5 Å². The van der Waals surface area contributed by atoms with Crippen LogP contribution in [0.25, 0.3) is 10.9 Å². The van der Waals surface area contributed by atoms with Crippen LogP contribution >= 0.6 is 0 Å². The van der Waals surface area contributed by atoms with Crippen molar-refractivity contribution in [3.05, 3.63) is 18.3 Å². The van der Waals surface area contributed by atoms with E-state index in [1.165, 1.54) is 0 Å². The van der Waals surface area contributed by atoms with Crippen LogP contribution in [0, 0.1) is 0 Å². The summed E-state index contributed by atoms with van der Waals surface area (Å²) in [4.78, 5) is 25.2. The van der Waals surface area contributed by atoms with Crippen LogP contribution < -0.4 is 15.7 Å². The largest absolute Gasteiger partial charge is 0.497 e. The van der Waals surface area contributed by atoms with Crippen LogP contribution in [0.2, 0.25) is 0 Å². The smallest absolute Gasteiger partial charge is 0.399 e. The number of benzene rings is 1. The predicted octanol–water partition coefficient (Wildman–Crippen LogP) is 1.31. The van der Waals surface area contributed by atoms with Gasteiger partial charge in [0.1, 0.15) is 0 Å². The molecule has 0 bridgehead atoms. The van der Waals surface area contributed by atoms with Crippen molar-refractivity contribution in [1.29, 1.82) is 0 Å². The molecular weight excluding hydrogens is 335 g/mol. The summed E-state index contributed by atoms with van der Waals surface area (Å²) in [5.74, 6) is -0.262. The van der Waals surface area contributed by atoms with Crippen LogP contribution in [0.15, 0.2) is 18.3 Å². The SMILES string of the molecule is CC1(C)OB(c2cc(N3CCC(=O)NC3=O)cc3cn[nH]c23)OC1(C)C. The zero-order valence-electron chi connectivity index (χ0n) is 15.3. The molecule has 0 atom stereocenters. The van der Waals surface area contributed by atoms with Gasteiger partial charge in [-0.25, -0.2) is 4.79 Å². The Hall–Kier alpha value is -2.39. The zero-order valence-corrected chi connectivity index (χ0v) is 15.3. The van der Waals surface area contributed by atoms with Crippen molar-refractivity contribution in [2.24, 2.45) is 0 Å².